The Bertz CT molecular complexity index is 807. The fraction of sp³-hybridized carbons (Fsp3) is 0.333. The van der Waals surface area contributed by atoms with E-state index in [0.717, 1.165) is 36.9 Å². The summed E-state index contributed by atoms with van der Waals surface area (Å²) in [4.78, 5) is 16.9. The van der Waals surface area contributed by atoms with E-state index in [4.69, 9.17) is 16.7 Å². The Kier molecular flexibility index (Phi) is 6.48. The van der Waals surface area contributed by atoms with Crippen LogP contribution in [0.2, 0.25) is 5.02 Å². The van der Waals surface area contributed by atoms with Gasteiger partial charge in [0.25, 0.3) is 5.91 Å². The number of anilines is 2. The van der Waals surface area contributed by atoms with Gasteiger partial charge >= 0.3 is 0 Å². The van der Waals surface area contributed by atoms with Crippen LogP contribution in [0.4, 0.5) is 11.5 Å². The SMILES string of the molecule is C=C1CC(CCO)CCC1NC(=O)c1cccc(Nc2ccc(Cl)cn2)c1. The highest BCUT2D eigenvalue weighted by Gasteiger charge is 2.25. The van der Waals surface area contributed by atoms with Crippen LogP contribution in [0.5, 0.6) is 0 Å². The quantitative estimate of drug-likeness (QED) is 0.647. The van der Waals surface area contributed by atoms with Crippen LogP contribution in [0.25, 0.3) is 0 Å². The average molecular weight is 386 g/mol. The van der Waals surface area contributed by atoms with E-state index < -0.39 is 0 Å². The molecule has 1 aliphatic rings. The Morgan fingerprint density at radius 1 is 1.30 bits per heavy atom. The van der Waals surface area contributed by atoms with Crippen LogP contribution >= 0.6 is 11.6 Å². The summed E-state index contributed by atoms with van der Waals surface area (Å²) in [6.45, 7) is 4.33. The molecule has 1 heterocycles. The number of aliphatic hydroxyl groups is 1. The Balaban J connectivity index is 1.62. The molecule has 1 amide bonds. The van der Waals surface area contributed by atoms with Crippen molar-refractivity contribution in [2.24, 2.45) is 5.92 Å². The zero-order valence-electron chi connectivity index (χ0n) is 15.1. The van der Waals surface area contributed by atoms with Crippen molar-refractivity contribution in [1.29, 1.82) is 0 Å². The van der Waals surface area contributed by atoms with E-state index in [-0.39, 0.29) is 18.6 Å². The maximum atomic E-state index is 12.7. The number of pyridine rings is 1. The molecule has 0 aliphatic heterocycles. The van der Waals surface area contributed by atoms with Gasteiger partial charge in [0.05, 0.1) is 11.1 Å². The van der Waals surface area contributed by atoms with Gasteiger partial charge in [0.15, 0.2) is 0 Å². The Hall–Kier alpha value is -2.37. The molecule has 0 saturated heterocycles. The molecule has 1 aromatic heterocycles. The summed E-state index contributed by atoms with van der Waals surface area (Å²) in [5, 5.41) is 15.9. The molecule has 2 unspecified atom stereocenters. The van der Waals surface area contributed by atoms with Crippen molar-refractivity contribution in [3.8, 4) is 0 Å². The third-order valence-corrected chi connectivity index (χ3v) is 5.10. The number of nitrogens with zero attached hydrogens (tertiary/aromatic N) is 1. The van der Waals surface area contributed by atoms with Crippen LogP contribution in [-0.2, 0) is 0 Å². The highest BCUT2D eigenvalue weighted by molar-refractivity contribution is 6.30. The van der Waals surface area contributed by atoms with E-state index in [0.29, 0.717) is 22.3 Å². The van der Waals surface area contributed by atoms with E-state index in [1.807, 2.05) is 12.1 Å². The Labute approximate surface area is 164 Å². The molecule has 1 saturated carbocycles. The number of hydrogen-bond acceptors (Lipinski definition) is 4. The average Bonchev–Trinajstić information content (AvgIpc) is 2.66. The predicted molar refractivity (Wildman–Crippen MR) is 108 cm³/mol. The maximum Gasteiger partial charge on any atom is 0.251 e. The lowest BCUT2D eigenvalue weighted by atomic mass is 9.81. The van der Waals surface area contributed by atoms with Crippen LogP contribution in [-0.4, -0.2) is 28.6 Å². The summed E-state index contributed by atoms with van der Waals surface area (Å²) in [5.41, 5.74) is 2.40. The van der Waals surface area contributed by atoms with Crippen molar-refractivity contribution in [3.05, 3.63) is 65.3 Å². The third kappa shape index (κ3) is 5.31. The van der Waals surface area contributed by atoms with Crippen molar-refractivity contribution in [1.82, 2.24) is 10.3 Å². The van der Waals surface area contributed by atoms with Gasteiger partial charge in [0.1, 0.15) is 5.82 Å². The molecule has 142 valence electrons. The molecule has 2 aromatic rings. The van der Waals surface area contributed by atoms with Gasteiger partial charge in [-0.3, -0.25) is 4.79 Å². The molecule has 6 heteroatoms. The minimum absolute atomic E-state index is 0.0120. The summed E-state index contributed by atoms with van der Waals surface area (Å²) < 4.78 is 0. The Morgan fingerprint density at radius 2 is 2.15 bits per heavy atom. The number of aliphatic hydroxyl groups excluding tert-OH is 1. The van der Waals surface area contributed by atoms with Crippen molar-refractivity contribution < 1.29 is 9.90 Å². The molecule has 3 rings (SSSR count). The van der Waals surface area contributed by atoms with Crippen LogP contribution in [0.3, 0.4) is 0 Å². The number of aromatic nitrogens is 1. The third-order valence-electron chi connectivity index (χ3n) is 4.87. The normalized spacial score (nSPS) is 19.6. The fourth-order valence-electron chi connectivity index (χ4n) is 3.40. The zero-order chi connectivity index (χ0) is 19.2. The smallest absolute Gasteiger partial charge is 0.251 e. The standard InChI is InChI=1S/C21H24ClN3O2/c1-14-11-15(9-10-26)5-7-19(14)25-21(27)16-3-2-4-18(12-16)24-20-8-6-17(22)13-23-20/h2-4,6,8,12-13,15,19,26H,1,5,7,9-11H2,(H,23,24)(H,25,27). The number of nitrogens with one attached hydrogen (secondary N) is 2. The monoisotopic (exact) mass is 385 g/mol. The molecule has 27 heavy (non-hydrogen) atoms. The van der Waals surface area contributed by atoms with Gasteiger partial charge in [-0.05, 0) is 61.9 Å². The summed E-state index contributed by atoms with van der Waals surface area (Å²) in [5.74, 6) is 1.01. The summed E-state index contributed by atoms with van der Waals surface area (Å²) >= 11 is 5.85. The molecule has 0 spiro atoms. The lowest BCUT2D eigenvalue weighted by Crippen LogP contribution is -2.39. The first-order valence-electron chi connectivity index (χ1n) is 9.13. The summed E-state index contributed by atoms with van der Waals surface area (Å²) in [7, 11) is 0. The minimum Gasteiger partial charge on any atom is -0.396 e. The van der Waals surface area contributed by atoms with Crippen molar-refractivity contribution >= 4 is 29.0 Å². The second kappa shape index (κ2) is 9.02. The van der Waals surface area contributed by atoms with Crippen LogP contribution in [0, 0.1) is 5.92 Å². The van der Waals surface area contributed by atoms with Crippen molar-refractivity contribution in [3.63, 3.8) is 0 Å². The largest absolute Gasteiger partial charge is 0.396 e. The van der Waals surface area contributed by atoms with Gasteiger partial charge in [-0.15, -0.1) is 0 Å². The molecule has 0 bridgehead atoms. The molecule has 1 aliphatic carbocycles. The predicted octanol–water partition coefficient (Wildman–Crippen LogP) is 4.32. The van der Waals surface area contributed by atoms with Crippen molar-refractivity contribution in [2.45, 2.75) is 31.7 Å². The van der Waals surface area contributed by atoms with E-state index >= 15 is 0 Å². The molecule has 5 nitrogen and oxygen atoms in total. The highest BCUT2D eigenvalue weighted by Crippen LogP contribution is 2.30. The van der Waals surface area contributed by atoms with E-state index in [1.165, 1.54) is 0 Å². The molecular formula is C21H24ClN3O2. The van der Waals surface area contributed by atoms with E-state index in [2.05, 4.69) is 22.2 Å². The summed E-state index contributed by atoms with van der Waals surface area (Å²) in [6, 6.07) is 10.8. The molecular weight excluding hydrogens is 362 g/mol. The maximum absolute atomic E-state index is 12.7. The van der Waals surface area contributed by atoms with Gasteiger partial charge in [-0.2, -0.15) is 0 Å². The van der Waals surface area contributed by atoms with Crippen LogP contribution < -0.4 is 10.6 Å². The number of rotatable bonds is 6. The van der Waals surface area contributed by atoms with E-state index in [9.17, 15) is 4.79 Å². The molecule has 2 atom stereocenters. The number of carbonyl (C=O) groups excluding carboxylic acids is 1. The van der Waals surface area contributed by atoms with Gasteiger partial charge in [0, 0.05) is 24.1 Å². The van der Waals surface area contributed by atoms with Crippen molar-refractivity contribution in [2.75, 3.05) is 11.9 Å². The number of hydrogen-bond donors (Lipinski definition) is 3. The minimum atomic E-state index is -0.116. The first kappa shape index (κ1) is 19.4. The number of carbonyl (C=O) groups is 1. The van der Waals surface area contributed by atoms with Crippen LogP contribution in [0.15, 0.2) is 54.7 Å². The van der Waals surface area contributed by atoms with Gasteiger partial charge < -0.3 is 15.7 Å². The topological polar surface area (TPSA) is 74.2 Å². The Morgan fingerprint density at radius 3 is 2.85 bits per heavy atom. The first-order chi connectivity index (χ1) is 13.0. The molecule has 0 radical (unpaired) electrons. The number of amides is 1. The molecule has 3 N–H and O–H groups in total. The molecule has 1 fully saturated rings. The first-order valence-corrected chi connectivity index (χ1v) is 9.51. The fourth-order valence-corrected chi connectivity index (χ4v) is 3.51. The molecule has 1 aromatic carbocycles. The lowest BCUT2D eigenvalue weighted by Gasteiger charge is -2.31. The second-order valence-electron chi connectivity index (χ2n) is 6.91. The van der Waals surface area contributed by atoms with Crippen LogP contribution in [0.1, 0.15) is 36.0 Å². The van der Waals surface area contributed by atoms with Gasteiger partial charge in [-0.1, -0.05) is 29.8 Å². The highest BCUT2D eigenvalue weighted by atomic mass is 35.5. The van der Waals surface area contributed by atoms with E-state index in [1.54, 1.807) is 30.5 Å². The lowest BCUT2D eigenvalue weighted by molar-refractivity contribution is 0.0933. The van der Waals surface area contributed by atoms with Gasteiger partial charge in [0.2, 0.25) is 0 Å². The second-order valence-corrected chi connectivity index (χ2v) is 7.35. The number of benzene rings is 1. The zero-order valence-corrected chi connectivity index (χ0v) is 15.9. The van der Waals surface area contributed by atoms with Gasteiger partial charge in [-0.25, -0.2) is 4.98 Å². The summed E-state index contributed by atoms with van der Waals surface area (Å²) in [6.07, 6.45) is 5.08. The number of halogens is 1.